The highest BCUT2D eigenvalue weighted by Crippen LogP contribution is 2.06. The Morgan fingerprint density at radius 1 is 1.25 bits per heavy atom. The van der Waals surface area contributed by atoms with Crippen LogP contribution in [0, 0.1) is 19.7 Å². The SMILES string of the molecule is Cc1ccc(C)n1NCc1cncc(F)c1. The molecule has 0 bridgehead atoms. The van der Waals surface area contributed by atoms with Crippen LogP contribution in [-0.4, -0.2) is 9.66 Å². The summed E-state index contributed by atoms with van der Waals surface area (Å²) in [7, 11) is 0. The van der Waals surface area contributed by atoms with Crippen LogP contribution in [-0.2, 0) is 6.54 Å². The second kappa shape index (κ2) is 4.35. The molecule has 2 aromatic rings. The highest BCUT2D eigenvalue weighted by Gasteiger charge is 2.00. The van der Waals surface area contributed by atoms with E-state index < -0.39 is 0 Å². The Morgan fingerprint density at radius 3 is 2.56 bits per heavy atom. The fourth-order valence-corrected chi connectivity index (χ4v) is 1.64. The number of aryl methyl sites for hydroxylation is 2. The lowest BCUT2D eigenvalue weighted by Gasteiger charge is -2.12. The summed E-state index contributed by atoms with van der Waals surface area (Å²) in [6.07, 6.45) is 2.86. The molecule has 0 saturated carbocycles. The molecule has 3 nitrogen and oxygen atoms in total. The molecule has 0 amide bonds. The lowest BCUT2D eigenvalue weighted by molar-refractivity contribution is 0.618. The molecular weight excluding hydrogens is 205 g/mol. The average Bonchev–Trinajstić information content (AvgIpc) is 2.56. The predicted molar refractivity (Wildman–Crippen MR) is 61.2 cm³/mol. The van der Waals surface area contributed by atoms with E-state index in [1.54, 1.807) is 6.20 Å². The van der Waals surface area contributed by atoms with Gasteiger partial charge in [-0.05, 0) is 37.6 Å². The summed E-state index contributed by atoms with van der Waals surface area (Å²) in [5, 5.41) is 0. The molecule has 0 spiro atoms. The molecule has 0 radical (unpaired) electrons. The predicted octanol–water partition coefficient (Wildman–Crippen LogP) is 2.38. The third-order valence-electron chi connectivity index (χ3n) is 2.47. The molecule has 84 valence electrons. The van der Waals surface area contributed by atoms with Gasteiger partial charge in [0.1, 0.15) is 5.82 Å². The van der Waals surface area contributed by atoms with Gasteiger partial charge in [0.15, 0.2) is 0 Å². The molecular formula is C12H14FN3. The first-order valence-electron chi connectivity index (χ1n) is 5.15. The van der Waals surface area contributed by atoms with Gasteiger partial charge in [-0.2, -0.15) is 0 Å². The Morgan fingerprint density at radius 2 is 1.94 bits per heavy atom. The van der Waals surface area contributed by atoms with Gasteiger partial charge in [0, 0.05) is 17.6 Å². The zero-order valence-corrected chi connectivity index (χ0v) is 9.37. The maximum atomic E-state index is 12.9. The van der Waals surface area contributed by atoms with Gasteiger partial charge in [-0.15, -0.1) is 0 Å². The zero-order valence-electron chi connectivity index (χ0n) is 9.37. The molecule has 2 rings (SSSR count). The summed E-state index contributed by atoms with van der Waals surface area (Å²) >= 11 is 0. The quantitative estimate of drug-likeness (QED) is 0.859. The van der Waals surface area contributed by atoms with Crippen molar-refractivity contribution in [3.05, 3.63) is 53.4 Å². The number of rotatable bonds is 3. The number of hydrogen-bond donors (Lipinski definition) is 1. The van der Waals surface area contributed by atoms with Crippen LogP contribution in [0.15, 0.2) is 30.6 Å². The van der Waals surface area contributed by atoms with Crippen molar-refractivity contribution in [1.82, 2.24) is 9.66 Å². The van der Waals surface area contributed by atoms with E-state index in [1.807, 2.05) is 30.7 Å². The van der Waals surface area contributed by atoms with Crippen LogP contribution in [0.1, 0.15) is 17.0 Å². The Kier molecular flexibility index (Phi) is 2.90. The largest absolute Gasteiger partial charge is 0.321 e. The van der Waals surface area contributed by atoms with Crippen LogP contribution in [0.5, 0.6) is 0 Å². The van der Waals surface area contributed by atoms with Crippen LogP contribution in [0.3, 0.4) is 0 Å². The van der Waals surface area contributed by atoms with Gasteiger partial charge in [0.05, 0.1) is 12.7 Å². The van der Waals surface area contributed by atoms with E-state index in [9.17, 15) is 4.39 Å². The molecule has 1 N–H and O–H groups in total. The Balaban J connectivity index is 2.08. The van der Waals surface area contributed by atoms with Crippen molar-refractivity contribution in [2.45, 2.75) is 20.4 Å². The highest BCUT2D eigenvalue weighted by atomic mass is 19.1. The van der Waals surface area contributed by atoms with E-state index in [0.29, 0.717) is 6.54 Å². The molecule has 0 saturated heterocycles. The van der Waals surface area contributed by atoms with Crippen LogP contribution in [0.25, 0.3) is 0 Å². The third-order valence-corrected chi connectivity index (χ3v) is 2.47. The molecule has 0 aliphatic rings. The lowest BCUT2D eigenvalue weighted by atomic mass is 10.3. The number of nitrogens with one attached hydrogen (secondary N) is 1. The highest BCUT2D eigenvalue weighted by molar-refractivity contribution is 5.17. The normalized spacial score (nSPS) is 10.4. The topological polar surface area (TPSA) is 29.9 Å². The Labute approximate surface area is 93.9 Å². The molecule has 2 heterocycles. The fourth-order valence-electron chi connectivity index (χ4n) is 1.64. The van der Waals surface area contributed by atoms with Crippen molar-refractivity contribution >= 4 is 0 Å². The molecule has 4 heteroatoms. The van der Waals surface area contributed by atoms with Gasteiger partial charge in [-0.3, -0.25) is 9.66 Å². The van der Waals surface area contributed by atoms with E-state index in [2.05, 4.69) is 10.4 Å². The molecule has 0 aromatic carbocycles. The molecule has 0 unspecified atom stereocenters. The molecule has 0 fully saturated rings. The first kappa shape index (κ1) is 10.7. The van der Waals surface area contributed by atoms with Crippen LogP contribution in [0.2, 0.25) is 0 Å². The summed E-state index contributed by atoms with van der Waals surface area (Å²) in [6.45, 7) is 4.59. The summed E-state index contributed by atoms with van der Waals surface area (Å²) in [5.74, 6) is -0.305. The van der Waals surface area contributed by atoms with Crippen molar-refractivity contribution < 1.29 is 4.39 Å². The van der Waals surface area contributed by atoms with Gasteiger partial charge < -0.3 is 5.43 Å². The maximum Gasteiger partial charge on any atom is 0.141 e. The average molecular weight is 219 g/mol. The number of hydrogen-bond acceptors (Lipinski definition) is 2. The molecule has 0 atom stereocenters. The zero-order chi connectivity index (χ0) is 11.5. The lowest BCUT2D eigenvalue weighted by Crippen LogP contribution is -2.17. The standard InChI is InChI=1S/C12H14FN3/c1-9-3-4-10(2)16(9)15-7-11-5-12(13)8-14-6-11/h3-6,8,15H,7H2,1-2H3. The van der Waals surface area contributed by atoms with Crippen molar-refractivity contribution in [1.29, 1.82) is 0 Å². The summed E-state index contributed by atoms with van der Waals surface area (Å²) < 4.78 is 14.9. The molecule has 16 heavy (non-hydrogen) atoms. The van der Waals surface area contributed by atoms with E-state index in [-0.39, 0.29) is 5.82 Å². The molecule has 2 aromatic heterocycles. The summed E-state index contributed by atoms with van der Waals surface area (Å²) in [4.78, 5) is 3.80. The second-order valence-electron chi connectivity index (χ2n) is 3.80. The minimum Gasteiger partial charge on any atom is -0.321 e. The van der Waals surface area contributed by atoms with E-state index in [4.69, 9.17) is 0 Å². The van der Waals surface area contributed by atoms with Crippen LogP contribution >= 0.6 is 0 Å². The Hall–Kier alpha value is -1.84. The van der Waals surface area contributed by atoms with Crippen molar-refractivity contribution in [2.24, 2.45) is 0 Å². The molecule has 0 aliphatic heterocycles. The van der Waals surface area contributed by atoms with E-state index in [1.165, 1.54) is 12.3 Å². The fraction of sp³-hybridized carbons (Fsp3) is 0.250. The number of nitrogens with zero attached hydrogens (tertiary/aromatic N) is 2. The number of pyridine rings is 1. The summed E-state index contributed by atoms with van der Waals surface area (Å²) in [5.41, 5.74) is 6.29. The number of halogens is 1. The van der Waals surface area contributed by atoms with Gasteiger partial charge in [0.2, 0.25) is 0 Å². The Bertz CT molecular complexity index is 471. The van der Waals surface area contributed by atoms with Gasteiger partial charge in [0.25, 0.3) is 0 Å². The van der Waals surface area contributed by atoms with Crippen LogP contribution in [0.4, 0.5) is 4.39 Å². The monoisotopic (exact) mass is 219 g/mol. The van der Waals surface area contributed by atoms with Gasteiger partial charge in [-0.1, -0.05) is 0 Å². The van der Waals surface area contributed by atoms with Crippen molar-refractivity contribution in [3.63, 3.8) is 0 Å². The first-order chi connectivity index (χ1) is 7.66. The van der Waals surface area contributed by atoms with Gasteiger partial charge in [-0.25, -0.2) is 4.39 Å². The van der Waals surface area contributed by atoms with Gasteiger partial charge >= 0.3 is 0 Å². The van der Waals surface area contributed by atoms with Crippen molar-refractivity contribution in [3.8, 4) is 0 Å². The molecule has 0 aliphatic carbocycles. The summed E-state index contributed by atoms with van der Waals surface area (Å²) in [6, 6.07) is 5.55. The first-order valence-corrected chi connectivity index (χ1v) is 5.15. The third kappa shape index (κ3) is 2.21. The minimum absolute atomic E-state index is 0.305. The maximum absolute atomic E-state index is 12.9. The number of aromatic nitrogens is 2. The van der Waals surface area contributed by atoms with Crippen molar-refractivity contribution in [2.75, 3.05) is 5.43 Å². The minimum atomic E-state index is -0.305. The van der Waals surface area contributed by atoms with E-state index in [0.717, 1.165) is 17.0 Å². The van der Waals surface area contributed by atoms with Crippen LogP contribution < -0.4 is 5.43 Å². The smallest absolute Gasteiger partial charge is 0.141 e. The van der Waals surface area contributed by atoms with E-state index >= 15 is 0 Å². The second-order valence-corrected chi connectivity index (χ2v) is 3.80.